The Balaban J connectivity index is 1.74. The van der Waals surface area contributed by atoms with E-state index in [9.17, 15) is 4.79 Å². The van der Waals surface area contributed by atoms with Crippen molar-refractivity contribution in [1.29, 1.82) is 0 Å². The molecule has 22 heavy (non-hydrogen) atoms. The topological polar surface area (TPSA) is 26.3 Å². The zero-order chi connectivity index (χ0) is 15.5. The number of carbonyl (C=O) groups is 1. The van der Waals surface area contributed by atoms with Crippen molar-refractivity contribution in [3.8, 4) is 0 Å². The molecule has 0 amide bonds. The van der Waals surface area contributed by atoms with Crippen molar-refractivity contribution < 1.29 is 8.98 Å². The van der Waals surface area contributed by atoms with Gasteiger partial charge in [0.05, 0.1) is 27.2 Å². The largest absolute Gasteiger partial charge is 0.382 e. The van der Waals surface area contributed by atoms with Crippen LogP contribution < -0.4 is 0 Å². The van der Waals surface area contributed by atoms with E-state index in [4.69, 9.17) is 4.18 Å². The van der Waals surface area contributed by atoms with Crippen LogP contribution in [0.15, 0.2) is 65.4 Å². The average Bonchev–Trinajstić information content (AvgIpc) is 3.01. The van der Waals surface area contributed by atoms with E-state index in [0.717, 1.165) is 38.2 Å². The third-order valence-electron chi connectivity index (χ3n) is 3.37. The zero-order valence-corrected chi connectivity index (χ0v) is 13.7. The summed E-state index contributed by atoms with van der Waals surface area (Å²) in [5.41, 5.74) is 2.21. The van der Waals surface area contributed by atoms with Crippen molar-refractivity contribution >= 4 is 45.0 Å². The first-order valence-corrected chi connectivity index (χ1v) is 8.39. The second-order valence-electron chi connectivity index (χ2n) is 4.84. The molecule has 0 saturated carbocycles. The van der Waals surface area contributed by atoms with Gasteiger partial charge in [0.15, 0.2) is 0 Å². The van der Waals surface area contributed by atoms with Crippen molar-refractivity contribution in [3.63, 3.8) is 0 Å². The van der Waals surface area contributed by atoms with Gasteiger partial charge in [0, 0.05) is 0 Å². The number of carbonyl (C=O) groups excluding carboxylic acids is 1. The fourth-order valence-electron chi connectivity index (χ4n) is 2.19. The van der Waals surface area contributed by atoms with Crippen LogP contribution in [0.3, 0.4) is 0 Å². The molecule has 110 valence electrons. The molecule has 0 spiro atoms. The lowest BCUT2D eigenvalue weighted by Gasteiger charge is -2.08. The van der Waals surface area contributed by atoms with Gasteiger partial charge in [-0.3, -0.25) is 0 Å². The molecule has 0 radical (unpaired) electrons. The van der Waals surface area contributed by atoms with Gasteiger partial charge in [0.2, 0.25) is 0 Å². The molecule has 1 aromatic heterocycles. The lowest BCUT2D eigenvalue weighted by atomic mass is 10.0. The average molecular weight is 326 g/mol. The molecule has 0 aliphatic heterocycles. The summed E-state index contributed by atoms with van der Waals surface area (Å²) in [6, 6.07) is 15.7. The Hall–Kier alpha value is -2.04. The third kappa shape index (κ3) is 2.93. The number of rotatable bonds is 4. The Morgan fingerprint density at radius 1 is 1.14 bits per heavy atom. The van der Waals surface area contributed by atoms with Gasteiger partial charge >= 0.3 is 5.97 Å². The number of fused-ring (bicyclic) bond motifs is 1. The van der Waals surface area contributed by atoms with E-state index in [2.05, 4.69) is 12.6 Å². The van der Waals surface area contributed by atoms with Gasteiger partial charge < -0.3 is 4.18 Å². The number of hydrogen-bond donors (Lipinski definition) is 0. The van der Waals surface area contributed by atoms with Crippen LogP contribution in [0.5, 0.6) is 0 Å². The Kier molecular flexibility index (Phi) is 4.32. The highest BCUT2D eigenvalue weighted by Crippen LogP contribution is 2.33. The highest BCUT2D eigenvalue weighted by molar-refractivity contribution is 7.95. The van der Waals surface area contributed by atoms with Crippen LogP contribution in [0, 0.1) is 6.92 Å². The molecule has 0 aliphatic carbocycles. The number of aryl methyl sites for hydroxylation is 1. The highest BCUT2D eigenvalue weighted by atomic mass is 32.2. The Morgan fingerprint density at radius 3 is 2.77 bits per heavy atom. The first kappa shape index (κ1) is 14.9. The van der Waals surface area contributed by atoms with Crippen LogP contribution in [0.4, 0.5) is 0 Å². The molecule has 0 atom stereocenters. The van der Waals surface area contributed by atoms with Crippen LogP contribution in [0.25, 0.3) is 15.7 Å². The summed E-state index contributed by atoms with van der Waals surface area (Å²) in [6.07, 6.45) is 0. The molecule has 3 aromatic rings. The summed E-state index contributed by atoms with van der Waals surface area (Å²) < 4.78 is 6.49. The summed E-state index contributed by atoms with van der Waals surface area (Å²) in [5, 5.41) is 3.19. The normalized spacial score (nSPS) is 10.6. The van der Waals surface area contributed by atoms with Crippen LogP contribution in [-0.4, -0.2) is 5.97 Å². The van der Waals surface area contributed by atoms with Gasteiger partial charge in [0.25, 0.3) is 0 Å². The maximum atomic E-state index is 12.2. The molecule has 2 nitrogen and oxygen atoms in total. The van der Waals surface area contributed by atoms with Crippen molar-refractivity contribution in [1.82, 2.24) is 0 Å². The van der Waals surface area contributed by atoms with E-state index in [1.165, 1.54) is 0 Å². The van der Waals surface area contributed by atoms with Gasteiger partial charge in [0.1, 0.15) is 0 Å². The number of thiophene rings is 1. The predicted octanol–water partition coefficient (Wildman–Crippen LogP) is 5.47. The predicted molar refractivity (Wildman–Crippen MR) is 94.0 cm³/mol. The molecule has 0 fully saturated rings. The maximum Gasteiger partial charge on any atom is 0.350 e. The summed E-state index contributed by atoms with van der Waals surface area (Å²) in [5.74, 6) is -0.409. The summed E-state index contributed by atoms with van der Waals surface area (Å²) in [7, 11) is 0. The van der Waals surface area contributed by atoms with Crippen LogP contribution >= 0.6 is 23.4 Å². The molecule has 0 saturated heterocycles. The van der Waals surface area contributed by atoms with Crippen molar-refractivity contribution in [2.45, 2.75) is 11.8 Å². The lowest BCUT2D eigenvalue weighted by molar-refractivity contribution is -0.126. The van der Waals surface area contributed by atoms with E-state index in [-0.39, 0.29) is 0 Å². The van der Waals surface area contributed by atoms with Crippen molar-refractivity contribution in [2.24, 2.45) is 0 Å². The molecule has 4 heteroatoms. The molecular formula is C18H14O2S2. The van der Waals surface area contributed by atoms with E-state index >= 15 is 0 Å². The van der Waals surface area contributed by atoms with Crippen LogP contribution in [0.2, 0.25) is 0 Å². The van der Waals surface area contributed by atoms with E-state index in [1.54, 1.807) is 11.3 Å². The zero-order valence-electron chi connectivity index (χ0n) is 12.0. The minimum Gasteiger partial charge on any atom is -0.382 e. The Labute approximate surface area is 137 Å². The van der Waals surface area contributed by atoms with Gasteiger partial charge in [-0.1, -0.05) is 43.0 Å². The standard InChI is InChI=1S/C18H14O2S2/c1-12-6-3-4-8-15(12)13(2)18(19)20-22-16-9-5-7-14-10-11-21-17(14)16/h3-11H,2H2,1H3. The maximum absolute atomic E-state index is 12.2. The van der Waals surface area contributed by atoms with Gasteiger partial charge in [-0.05, 0) is 40.9 Å². The van der Waals surface area contributed by atoms with Crippen LogP contribution in [0.1, 0.15) is 11.1 Å². The molecule has 0 N–H and O–H groups in total. The number of benzene rings is 2. The quantitative estimate of drug-likeness (QED) is 0.469. The number of hydrogen-bond acceptors (Lipinski definition) is 4. The molecule has 0 bridgehead atoms. The highest BCUT2D eigenvalue weighted by Gasteiger charge is 2.14. The third-order valence-corrected chi connectivity index (χ3v) is 5.21. The summed E-state index contributed by atoms with van der Waals surface area (Å²) in [6.45, 7) is 5.82. The first-order valence-electron chi connectivity index (χ1n) is 6.77. The molecule has 2 aromatic carbocycles. The first-order chi connectivity index (χ1) is 10.7. The molecular weight excluding hydrogens is 312 g/mol. The Morgan fingerprint density at radius 2 is 1.95 bits per heavy atom. The summed E-state index contributed by atoms with van der Waals surface area (Å²) >= 11 is 2.73. The fraction of sp³-hybridized carbons (Fsp3) is 0.0556. The summed E-state index contributed by atoms with van der Waals surface area (Å²) in [4.78, 5) is 13.1. The minimum absolute atomic E-state index is 0.379. The molecule has 0 aliphatic rings. The Bertz CT molecular complexity index is 849. The minimum atomic E-state index is -0.409. The smallest absolute Gasteiger partial charge is 0.350 e. The van der Waals surface area contributed by atoms with Crippen LogP contribution in [-0.2, 0) is 8.98 Å². The van der Waals surface area contributed by atoms with Crippen molar-refractivity contribution in [3.05, 3.63) is 71.6 Å². The van der Waals surface area contributed by atoms with Gasteiger partial charge in [-0.15, -0.1) is 11.3 Å². The van der Waals surface area contributed by atoms with E-state index in [1.807, 2.05) is 54.8 Å². The van der Waals surface area contributed by atoms with Crippen molar-refractivity contribution in [2.75, 3.05) is 0 Å². The SMILES string of the molecule is C=C(C(=O)OSc1cccc2ccsc12)c1ccccc1C. The fourth-order valence-corrected chi connectivity index (χ4v) is 3.83. The van der Waals surface area contributed by atoms with Gasteiger partial charge in [-0.2, -0.15) is 0 Å². The second-order valence-corrected chi connectivity index (χ2v) is 6.53. The van der Waals surface area contributed by atoms with E-state index < -0.39 is 5.97 Å². The second kappa shape index (κ2) is 6.38. The molecule has 1 heterocycles. The van der Waals surface area contributed by atoms with Gasteiger partial charge in [-0.25, -0.2) is 4.79 Å². The lowest BCUT2D eigenvalue weighted by Crippen LogP contribution is -2.02. The molecule has 3 rings (SSSR count). The molecule has 0 unspecified atom stereocenters. The van der Waals surface area contributed by atoms with E-state index in [0.29, 0.717) is 5.57 Å². The monoisotopic (exact) mass is 326 g/mol.